The molecule has 0 aliphatic rings. The molecule has 1 aromatic carbocycles. The molecule has 0 saturated heterocycles. The highest BCUT2D eigenvalue weighted by molar-refractivity contribution is 9.10. The molecule has 0 unspecified atom stereocenters. The van der Waals surface area contributed by atoms with Gasteiger partial charge in [0.2, 0.25) is 0 Å². The van der Waals surface area contributed by atoms with Crippen LogP contribution < -0.4 is 20.1 Å². The Morgan fingerprint density at radius 2 is 1.86 bits per heavy atom. The minimum atomic E-state index is 0.104. The maximum atomic E-state index is 8.67. The first-order chi connectivity index (χ1) is 10.1. The van der Waals surface area contributed by atoms with Crippen molar-refractivity contribution in [2.24, 2.45) is 0 Å². The van der Waals surface area contributed by atoms with Gasteiger partial charge < -0.3 is 25.2 Å². The molecule has 0 atom stereocenters. The Hall–Kier alpha value is -0.820. The van der Waals surface area contributed by atoms with Gasteiger partial charge in [-0.3, -0.25) is 0 Å². The fraction of sp³-hybridized carbons (Fsp3) is 0.600. The molecular weight excluding hydrogens is 336 g/mol. The second-order valence-electron chi connectivity index (χ2n) is 4.91. The lowest BCUT2D eigenvalue weighted by Crippen LogP contribution is -2.28. The maximum absolute atomic E-state index is 8.67. The van der Waals surface area contributed by atoms with Crippen molar-refractivity contribution in [1.82, 2.24) is 10.6 Å². The summed E-state index contributed by atoms with van der Waals surface area (Å²) in [7, 11) is 1.65. The van der Waals surface area contributed by atoms with Gasteiger partial charge >= 0.3 is 0 Å². The molecule has 0 aromatic heterocycles. The second kappa shape index (κ2) is 10.00. The SMILES string of the molecule is COc1cc(CNCCNCCO)c(Br)cc1OC(C)C. The van der Waals surface area contributed by atoms with Crippen molar-refractivity contribution in [2.75, 3.05) is 33.4 Å². The molecule has 21 heavy (non-hydrogen) atoms. The van der Waals surface area contributed by atoms with E-state index in [1.54, 1.807) is 7.11 Å². The minimum Gasteiger partial charge on any atom is -0.493 e. The molecule has 0 fully saturated rings. The summed E-state index contributed by atoms with van der Waals surface area (Å²) in [6.45, 7) is 7.16. The summed E-state index contributed by atoms with van der Waals surface area (Å²) in [4.78, 5) is 0. The van der Waals surface area contributed by atoms with E-state index in [2.05, 4.69) is 26.6 Å². The number of aliphatic hydroxyl groups is 1. The monoisotopic (exact) mass is 360 g/mol. The molecule has 5 nitrogen and oxygen atoms in total. The van der Waals surface area contributed by atoms with Crippen LogP contribution in [0.5, 0.6) is 11.5 Å². The van der Waals surface area contributed by atoms with Crippen molar-refractivity contribution in [1.29, 1.82) is 0 Å². The Labute approximate surface area is 135 Å². The topological polar surface area (TPSA) is 62.8 Å². The van der Waals surface area contributed by atoms with Crippen molar-refractivity contribution >= 4 is 15.9 Å². The normalized spacial score (nSPS) is 11.0. The standard InChI is InChI=1S/C15H25BrN2O3/c1-11(2)21-15-9-13(16)12(8-14(15)20-3)10-18-5-4-17-6-7-19/h8-9,11,17-19H,4-7,10H2,1-3H3. The third kappa shape index (κ3) is 6.65. The zero-order chi connectivity index (χ0) is 15.7. The number of halogens is 1. The van der Waals surface area contributed by atoms with Gasteiger partial charge in [-0.2, -0.15) is 0 Å². The number of ether oxygens (including phenoxy) is 2. The Bertz CT molecular complexity index is 428. The van der Waals surface area contributed by atoms with Gasteiger partial charge in [0.15, 0.2) is 11.5 Å². The van der Waals surface area contributed by atoms with Crippen LogP contribution in [0.1, 0.15) is 19.4 Å². The largest absolute Gasteiger partial charge is 0.493 e. The Morgan fingerprint density at radius 1 is 1.14 bits per heavy atom. The zero-order valence-electron chi connectivity index (χ0n) is 12.9. The van der Waals surface area contributed by atoms with E-state index in [1.165, 1.54) is 0 Å². The predicted molar refractivity (Wildman–Crippen MR) is 88.1 cm³/mol. The summed E-state index contributed by atoms with van der Waals surface area (Å²) < 4.78 is 12.1. The molecular formula is C15H25BrN2O3. The van der Waals surface area contributed by atoms with E-state index in [0.29, 0.717) is 6.54 Å². The number of hydrogen-bond donors (Lipinski definition) is 3. The van der Waals surface area contributed by atoms with Crippen LogP contribution in [0, 0.1) is 0 Å². The van der Waals surface area contributed by atoms with Crippen LogP contribution in [0.4, 0.5) is 0 Å². The first kappa shape index (κ1) is 18.2. The Balaban J connectivity index is 2.58. The number of methoxy groups -OCH3 is 1. The highest BCUT2D eigenvalue weighted by Crippen LogP contribution is 2.34. The highest BCUT2D eigenvalue weighted by Gasteiger charge is 2.11. The minimum absolute atomic E-state index is 0.104. The molecule has 6 heteroatoms. The van der Waals surface area contributed by atoms with Crippen LogP contribution in [0.25, 0.3) is 0 Å². The molecule has 1 aromatic rings. The van der Waals surface area contributed by atoms with Crippen LogP contribution in [-0.2, 0) is 6.54 Å². The van der Waals surface area contributed by atoms with E-state index in [1.807, 2.05) is 26.0 Å². The van der Waals surface area contributed by atoms with Crippen molar-refractivity contribution in [3.05, 3.63) is 22.2 Å². The number of benzene rings is 1. The van der Waals surface area contributed by atoms with Crippen molar-refractivity contribution in [3.63, 3.8) is 0 Å². The lowest BCUT2D eigenvalue weighted by Gasteiger charge is -2.16. The number of rotatable bonds is 10. The zero-order valence-corrected chi connectivity index (χ0v) is 14.5. The molecule has 0 spiro atoms. The van der Waals surface area contributed by atoms with Crippen LogP contribution in [0.2, 0.25) is 0 Å². The molecule has 1 rings (SSSR count). The third-order valence-corrected chi connectivity index (χ3v) is 3.52. The van der Waals surface area contributed by atoms with Gasteiger partial charge in [0.1, 0.15) is 0 Å². The number of aliphatic hydroxyl groups excluding tert-OH is 1. The van der Waals surface area contributed by atoms with Gasteiger partial charge in [-0.25, -0.2) is 0 Å². The Morgan fingerprint density at radius 3 is 2.48 bits per heavy atom. The molecule has 0 heterocycles. The van der Waals surface area contributed by atoms with E-state index in [-0.39, 0.29) is 12.7 Å². The predicted octanol–water partition coefficient (Wildman–Crippen LogP) is 1.92. The highest BCUT2D eigenvalue weighted by atomic mass is 79.9. The number of hydrogen-bond acceptors (Lipinski definition) is 5. The summed E-state index contributed by atoms with van der Waals surface area (Å²) in [6.07, 6.45) is 0.104. The molecule has 0 bridgehead atoms. The molecule has 0 amide bonds. The van der Waals surface area contributed by atoms with Crippen LogP contribution in [0.15, 0.2) is 16.6 Å². The van der Waals surface area contributed by atoms with E-state index in [9.17, 15) is 0 Å². The van der Waals surface area contributed by atoms with Crippen molar-refractivity contribution in [2.45, 2.75) is 26.5 Å². The third-order valence-electron chi connectivity index (χ3n) is 2.78. The first-order valence-electron chi connectivity index (χ1n) is 7.13. The van der Waals surface area contributed by atoms with E-state index in [4.69, 9.17) is 14.6 Å². The summed E-state index contributed by atoms with van der Waals surface area (Å²) in [5, 5.41) is 15.1. The molecule has 3 N–H and O–H groups in total. The van der Waals surface area contributed by atoms with Crippen LogP contribution >= 0.6 is 15.9 Å². The molecule has 0 aliphatic heterocycles. The molecule has 0 saturated carbocycles. The summed E-state index contributed by atoms with van der Waals surface area (Å²) >= 11 is 3.57. The average Bonchev–Trinajstić information content (AvgIpc) is 2.44. The second-order valence-corrected chi connectivity index (χ2v) is 5.77. The van der Waals surface area contributed by atoms with Gasteiger partial charge in [-0.15, -0.1) is 0 Å². The molecule has 0 radical (unpaired) electrons. The fourth-order valence-electron chi connectivity index (χ4n) is 1.82. The molecule has 120 valence electrons. The van der Waals surface area contributed by atoms with Gasteiger partial charge in [0.25, 0.3) is 0 Å². The smallest absolute Gasteiger partial charge is 0.162 e. The van der Waals surface area contributed by atoms with Crippen molar-refractivity contribution in [3.8, 4) is 11.5 Å². The van der Waals surface area contributed by atoms with Gasteiger partial charge in [-0.05, 0) is 31.5 Å². The van der Waals surface area contributed by atoms with E-state index in [0.717, 1.165) is 41.2 Å². The fourth-order valence-corrected chi connectivity index (χ4v) is 2.28. The molecule has 0 aliphatic carbocycles. The number of nitrogens with one attached hydrogen (secondary N) is 2. The van der Waals surface area contributed by atoms with Gasteiger partial charge in [-0.1, -0.05) is 15.9 Å². The van der Waals surface area contributed by atoms with Crippen LogP contribution in [-0.4, -0.2) is 44.6 Å². The quantitative estimate of drug-likeness (QED) is 0.556. The maximum Gasteiger partial charge on any atom is 0.162 e. The van der Waals surface area contributed by atoms with Crippen LogP contribution in [0.3, 0.4) is 0 Å². The summed E-state index contributed by atoms with van der Waals surface area (Å²) in [5.41, 5.74) is 1.12. The Kier molecular flexibility index (Phi) is 8.68. The lowest BCUT2D eigenvalue weighted by molar-refractivity contribution is 0.230. The van der Waals surface area contributed by atoms with Crippen molar-refractivity contribution < 1.29 is 14.6 Å². The summed E-state index contributed by atoms with van der Waals surface area (Å²) in [5.74, 6) is 1.48. The van der Waals surface area contributed by atoms with Gasteiger partial charge in [0, 0.05) is 30.7 Å². The van der Waals surface area contributed by atoms with E-state index < -0.39 is 0 Å². The lowest BCUT2D eigenvalue weighted by atomic mass is 10.2. The average molecular weight is 361 g/mol. The summed E-state index contributed by atoms with van der Waals surface area (Å²) in [6, 6.07) is 3.93. The van der Waals surface area contributed by atoms with Gasteiger partial charge in [0.05, 0.1) is 19.8 Å². The van der Waals surface area contributed by atoms with E-state index >= 15 is 0 Å². The first-order valence-corrected chi connectivity index (χ1v) is 7.93.